The van der Waals surface area contributed by atoms with Crippen molar-refractivity contribution in [1.82, 2.24) is 0 Å². The van der Waals surface area contributed by atoms with E-state index in [1.807, 2.05) is 76.2 Å². The predicted molar refractivity (Wildman–Crippen MR) is 343 cm³/mol. The molecule has 11 atom stereocenters. The summed E-state index contributed by atoms with van der Waals surface area (Å²) in [6.45, 7) is 36.0. The van der Waals surface area contributed by atoms with Gasteiger partial charge in [-0.1, -0.05) is 115 Å². The molecule has 10 aliphatic rings. The van der Waals surface area contributed by atoms with Crippen LogP contribution in [0.3, 0.4) is 0 Å². The highest BCUT2D eigenvalue weighted by atomic mass is 16.6. The van der Waals surface area contributed by atoms with Crippen LogP contribution in [0, 0.1) is 74.4 Å². The zero-order chi connectivity index (χ0) is 55.5. The number of carbonyl (C=O) groups excluding carboxylic acids is 5. The molecule has 1 saturated heterocycles. The highest BCUT2D eigenvalue weighted by Crippen LogP contribution is 2.71. The lowest BCUT2D eigenvalue weighted by Gasteiger charge is -2.59. The molecule has 0 aromatic carbocycles. The first kappa shape index (κ1) is 83.5. The minimum Gasteiger partial charge on any atom is -0.459 e. The molecule has 8 bridgehead atoms. The lowest BCUT2D eigenvalue weighted by molar-refractivity contribution is -0.225. The molecule has 1 N–H and O–H groups in total. The van der Waals surface area contributed by atoms with Crippen molar-refractivity contribution in [3.63, 3.8) is 0 Å². The van der Waals surface area contributed by atoms with E-state index < -0.39 is 22.0 Å². The lowest BCUT2D eigenvalue weighted by Crippen LogP contribution is -2.61. The predicted octanol–water partition coefficient (Wildman–Crippen LogP) is 19.3. The number of fused-ring (bicyclic) bond motifs is 9. The maximum Gasteiger partial charge on any atom is 0.312 e. The Balaban J connectivity index is -0.000000991. The summed E-state index contributed by atoms with van der Waals surface area (Å²) in [5.74, 6) is 5.82. The third kappa shape index (κ3) is 16.9. The molecule has 488 valence electrons. The van der Waals surface area contributed by atoms with Gasteiger partial charge in [0.1, 0.15) is 22.9 Å². The first-order valence-electron chi connectivity index (χ1n) is 29.9. The molecule has 10 rings (SSSR count). The monoisotopic (exact) mass is 1170 g/mol. The van der Waals surface area contributed by atoms with Gasteiger partial charge in [-0.25, -0.2) is 0 Å². The van der Waals surface area contributed by atoms with Crippen molar-refractivity contribution in [3.05, 3.63) is 0 Å². The molecular formula is C71H138O11. The fourth-order valence-electron chi connectivity index (χ4n) is 15.3. The Kier molecular flexibility index (Phi) is 30.4. The summed E-state index contributed by atoms with van der Waals surface area (Å²) in [4.78, 5) is 60.5. The second-order valence-corrected chi connectivity index (χ2v) is 29.7. The van der Waals surface area contributed by atoms with Crippen molar-refractivity contribution in [2.45, 2.75) is 353 Å². The first-order valence-corrected chi connectivity index (χ1v) is 29.9. The molecule has 0 aromatic rings. The Morgan fingerprint density at radius 1 is 0.549 bits per heavy atom. The van der Waals surface area contributed by atoms with Crippen molar-refractivity contribution in [2.24, 2.45) is 74.4 Å². The smallest absolute Gasteiger partial charge is 0.312 e. The van der Waals surface area contributed by atoms with Gasteiger partial charge in [-0.2, -0.15) is 0 Å². The van der Waals surface area contributed by atoms with Gasteiger partial charge in [0, 0.05) is 17.8 Å². The molecule has 9 saturated carbocycles. The van der Waals surface area contributed by atoms with Gasteiger partial charge in [0.15, 0.2) is 5.60 Å². The van der Waals surface area contributed by atoms with E-state index >= 15 is 0 Å². The van der Waals surface area contributed by atoms with Crippen LogP contribution in [0.1, 0.15) is 319 Å². The van der Waals surface area contributed by atoms with E-state index in [4.69, 9.17) is 23.7 Å². The van der Waals surface area contributed by atoms with E-state index in [9.17, 15) is 29.1 Å². The number of hydrogen-bond donors (Lipinski definition) is 1. The fraction of sp³-hybridized carbons (Fsp3) is 0.930. The summed E-state index contributed by atoms with van der Waals surface area (Å²) in [5.41, 5.74) is -3.69. The van der Waals surface area contributed by atoms with Crippen LogP contribution in [-0.4, -0.2) is 69.1 Å². The maximum absolute atomic E-state index is 12.7. The highest BCUT2D eigenvalue weighted by molar-refractivity contribution is 5.79. The summed E-state index contributed by atoms with van der Waals surface area (Å²) < 4.78 is 28.7. The second-order valence-electron chi connectivity index (χ2n) is 29.7. The Morgan fingerprint density at radius 3 is 1.35 bits per heavy atom. The van der Waals surface area contributed by atoms with Crippen molar-refractivity contribution < 1.29 is 52.8 Å². The first-order chi connectivity index (χ1) is 34.0. The average molecular weight is 1170 g/mol. The van der Waals surface area contributed by atoms with Crippen LogP contribution in [0.5, 0.6) is 0 Å². The number of hydrogen-bond acceptors (Lipinski definition) is 11. The molecule has 82 heavy (non-hydrogen) atoms. The van der Waals surface area contributed by atoms with Gasteiger partial charge in [0.25, 0.3) is 0 Å². The molecule has 9 aliphatic carbocycles. The van der Waals surface area contributed by atoms with Gasteiger partial charge < -0.3 is 28.8 Å². The number of esters is 5. The largest absolute Gasteiger partial charge is 0.459 e. The Hall–Kier alpha value is -2.69. The van der Waals surface area contributed by atoms with Gasteiger partial charge in [0.05, 0.1) is 33.7 Å². The number of ether oxygens (including phenoxy) is 5. The van der Waals surface area contributed by atoms with Crippen LogP contribution in [0.15, 0.2) is 0 Å². The molecule has 0 radical (unpaired) electrons. The van der Waals surface area contributed by atoms with E-state index in [1.165, 1.54) is 44.9 Å². The third-order valence-corrected chi connectivity index (χ3v) is 21.9. The van der Waals surface area contributed by atoms with E-state index in [1.54, 1.807) is 13.8 Å². The minimum absolute atomic E-state index is 0. The van der Waals surface area contributed by atoms with E-state index in [0.717, 1.165) is 100 Å². The summed E-state index contributed by atoms with van der Waals surface area (Å²) >= 11 is 0. The van der Waals surface area contributed by atoms with Crippen LogP contribution >= 0.6 is 0 Å². The summed E-state index contributed by atoms with van der Waals surface area (Å²) in [5, 5.41) is 10.6. The standard InChI is InChI=1S/C20H32O2.C16H26O3.C15H28O2.C12H20O4.8CH4/c1-5-19(3,4)18(21)22-20(6-2)11-14-10-15(20)17-13-8-7-12(9-13)16(14)17;1-4-14(2,3)13(17)19-16-8-11-5-12(9-16)7-15(18,6-11)10-16;1-7-14(5,6)12(16)17-15(13(2,3)4)10-8-9-11-15;1-6-11(3,4)10(14)16-12(5)7-9(13)15-8(12)2;;;;;;;;/h12-17H,5-11H2,1-4H3;11-12,18H,4-10H2,1-3H3;7-11H2,1-6H3;8H,6-7H2,1-5H3;8*1H4/t;;;8?,12-;;;;;;;;/m...0......../s1. The lowest BCUT2D eigenvalue weighted by atomic mass is 9.52. The van der Waals surface area contributed by atoms with Crippen molar-refractivity contribution >= 4 is 29.8 Å². The summed E-state index contributed by atoms with van der Waals surface area (Å²) in [6.07, 6.45) is 20.9. The topological polar surface area (TPSA) is 152 Å². The quantitative estimate of drug-likeness (QED) is 0.107. The van der Waals surface area contributed by atoms with Crippen LogP contribution in [-0.2, 0) is 47.7 Å². The highest BCUT2D eigenvalue weighted by Gasteiger charge is 2.68. The molecule has 0 amide bonds. The molecule has 10 unspecified atom stereocenters. The van der Waals surface area contributed by atoms with Gasteiger partial charge >= 0.3 is 29.8 Å². The Morgan fingerprint density at radius 2 is 0.963 bits per heavy atom. The third-order valence-electron chi connectivity index (χ3n) is 21.9. The van der Waals surface area contributed by atoms with Crippen LogP contribution in [0.25, 0.3) is 0 Å². The van der Waals surface area contributed by atoms with Gasteiger partial charge in [-0.15, -0.1) is 0 Å². The molecule has 11 nitrogen and oxygen atoms in total. The van der Waals surface area contributed by atoms with Gasteiger partial charge in [-0.3, -0.25) is 24.0 Å². The number of cyclic esters (lactones) is 1. The van der Waals surface area contributed by atoms with Crippen LogP contribution < -0.4 is 0 Å². The van der Waals surface area contributed by atoms with E-state index in [0.29, 0.717) is 30.6 Å². The molecule has 10 fully saturated rings. The zero-order valence-corrected chi connectivity index (χ0v) is 50.1. The minimum atomic E-state index is -0.819. The number of rotatable bonds is 13. The molecular weight excluding hydrogens is 1030 g/mol. The normalized spacial score (nSPS) is 33.5. The SMILES string of the molecule is C.C.C.C.C.C.C.C.CCC(C)(C)C(=O)OC1(C(C)(C)C)CCCC1.CCC(C)(C)C(=O)OC1(CC)CC2CC1C1C3CCC(C3)C21.CCC(C)(C)C(=O)OC12CC3CC(CC(O)(C3)C1)C2.CCC(C)(C)C(=O)O[C@@]1(C)CC(=O)OC1C. The number of carbonyl (C=O) groups is 5. The Bertz CT molecular complexity index is 2020. The fourth-order valence-corrected chi connectivity index (χ4v) is 15.3. The van der Waals surface area contributed by atoms with Crippen molar-refractivity contribution in [2.75, 3.05) is 0 Å². The van der Waals surface area contributed by atoms with Gasteiger partial charge in [-0.05, 0) is 233 Å². The average Bonchev–Trinajstić information content (AvgIpc) is 4.18. The van der Waals surface area contributed by atoms with E-state index in [-0.39, 0.29) is 135 Å². The molecule has 1 aliphatic heterocycles. The van der Waals surface area contributed by atoms with Crippen LogP contribution in [0.4, 0.5) is 0 Å². The second kappa shape index (κ2) is 29.8. The molecule has 0 aromatic heterocycles. The molecule has 0 spiro atoms. The van der Waals surface area contributed by atoms with Gasteiger partial charge in [0.2, 0.25) is 0 Å². The number of aliphatic hydroxyl groups is 1. The van der Waals surface area contributed by atoms with E-state index in [2.05, 4.69) is 34.6 Å². The van der Waals surface area contributed by atoms with Crippen LogP contribution in [0.2, 0.25) is 0 Å². The van der Waals surface area contributed by atoms with Crippen molar-refractivity contribution in [3.8, 4) is 0 Å². The zero-order valence-electron chi connectivity index (χ0n) is 50.1. The maximum atomic E-state index is 12.7. The summed E-state index contributed by atoms with van der Waals surface area (Å²) in [7, 11) is 0. The molecule has 11 heteroatoms. The molecule has 1 heterocycles. The Labute approximate surface area is 507 Å². The summed E-state index contributed by atoms with van der Waals surface area (Å²) in [6, 6.07) is 0. The van der Waals surface area contributed by atoms with Crippen molar-refractivity contribution in [1.29, 1.82) is 0 Å².